The fourth-order valence-electron chi connectivity index (χ4n) is 2.73. The van der Waals surface area contributed by atoms with E-state index in [0.717, 1.165) is 32.5 Å². The van der Waals surface area contributed by atoms with Gasteiger partial charge in [-0.05, 0) is 33.1 Å². The van der Waals surface area contributed by atoms with E-state index in [2.05, 4.69) is 18.8 Å². The highest BCUT2D eigenvalue weighted by Crippen LogP contribution is 2.22. The number of nitrogens with zero attached hydrogens (tertiary/aromatic N) is 1. The Hall–Kier alpha value is -0.890. The van der Waals surface area contributed by atoms with Crippen LogP contribution in [0.1, 0.15) is 79.1 Å². The van der Waals surface area contributed by atoms with E-state index in [1.165, 1.54) is 25.7 Å². The van der Waals surface area contributed by atoms with Gasteiger partial charge in [0.05, 0.1) is 12.7 Å². The molecule has 1 heterocycles. The lowest BCUT2D eigenvalue weighted by atomic mass is 10.1. The summed E-state index contributed by atoms with van der Waals surface area (Å²) in [6.07, 6.45) is 7.80. The summed E-state index contributed by atoms with van der Waals surface area (Å²) in [5.74, 6) is 0.162. The standard InChI is InChI=1S/C16H32O4.C4H11N3/c1-3-5-7-11-18-13-15-14(9-10-16(17)20-15)19-12-8-6-4-2;1-3(2)7-4(5)6/h14-17H,3-13H2,1-2H3;3H,1-2H3,(H4,5,6,7). The molecule has 1 fully saturated rings. The molecule has 1 rings (SSSR count). The van der Waals surface area contributed by atoms with Gasteiger partial charge >= 0.3 is 0 Å². The van der Waals surface area contributed by atoms with Crippen molar-refractivity contribution in [3.63, 3.8) is 0 Å². The third-order valence-electron chi connectivity index (χ3n) is 4.11. The summed E-state index contributed by atoms with van der Waals surface area (Å²) in [6, 6.07) is 0.213. The van der Waals surface area contributed by atoms with Crippen molar-refractivity contribution in [3.8, 4) is 0 Å². The zero-order chi connectivity index (χ0) is 20.5. The molecule has 5 N–H and O–H groups in total. The van der Waals surface area contributed by atoms with Crippen molar-refractivity contribution < 1.29 is 19.3 Å². The van der Waals surface area contributed by atoms with Gasteiger partial charge in [-0.25, -0.2) is 0 Å². The molecule has 0 amide bonds. The Bertz CT molecular complexity index is 363. The molecule has 0 aromatic rings. The molecule has 1 aliphatic rings. The summed E-state index contributed by atoms with van der Waals surface area (Å²) in [5, 5.41) is 9.61. The maximum absolute atomic E-state index is 9.61. The van der Waals surface area contributed by atoms with Crippen molar-refractivity contribution in [1.29, 1.82) is 0 Å². The number of guanidine groups is 1. The highest BCUT2D eigenvalue weighted by molar-refractivity contribution is 5.75. The van der Waals surface area contributed by atoms with E-state index in [-0.39, 0.29) is 24.2 Å². The van der Waals surface area contributed by atoms with Gasteiger partial charge < -0.3 is 30.8 Å². The van der Waals surface area contributed by atoms with Gasteiger partial charge in [0, 0.05) is 25.7 Å². The van der Waals surface area contributed by atoms with Crippen LogP contribution in [0.15, 0.2) is 4.99 Å². The maximum atomic E-state index is 9.61. The minimum Gasteiger partial charge on any atom is -0.379 e. The van der Waals surface area contributed by atoms with Crippen LogP contribution in [0.5, 0.6) is 0 Å². The number of unbranched alkanes of at least 4 members (excludes halogenated alkanes) is 4. The molecule has 3 atom stereocenters. The summed E-state index contributed by atoms with van der Waals surface area (Å²) < 4.78 is 17.1. The summed E-state index contributed by atoms with van der Waals surface area (Å²) >= 11 is 0. The van der Waals surface area contributed by atoms with Gasteiger partial charge in [0.1, 0.15) is 6.10 Å². The Kier molecular flexibility index (Phi) is 16.7. The van der Waals surface area contributed by atoms with Crippen LogP contribution >= 0.6 is 0 Å². The molecule has 0 saturated carbocycles. The van der Waals surface area contributed by atoms with Crippen molar-refractivity contribution in [2.45, 2.75) is 104 Å². The van der Waals surface area contributed by atoms with Crippen LogP contribution in [-0.4, -0.2) is 55.4 Å². The zero-order valence-corrected chi connectivity index (χ0v) is 17.9. The number of nitrogens with two attached hydrogens (primary N) is 2. The Morgan fingerprint density at radius 3 is 2.22 bits per heavy atom. The van der Waals surface area contributed by atoms with Crippen molar-refractivity contribution in [1.82, 2.24) is 0 Å². The molecule has 0 spiro atoms. The van der Waals surface area contributed by atoms with E-state index in [9.17, 15) is 5.11 Å². The second-order valence-electron chi connectivity index (χ2n) is 7.25. The van der Waals surface area contributed by atoms with Gasteiger partial charge in [0.2, 0.25) is 0 Å². The zero-order valence-electron chi connectivity index (χ0n) is 17.9. The predicted octanol–water partition coefficient (Wildman–Crippen LogP) is 2.93. The molecule has 0 bridgehead atoms. The van der Waals surface area contributed by atoms with Crippen LogP contribution in [-0.2, 0) is 14.2 Å². The Morgan fingerprint density at radius 1 is 1.07 bits per heavy atom. The highest BCUT2D eigenvalue weighted by atomic mass is 16.6. The second-order valence-corrected chi connectivity index (χ2v) is 7.25. The number of hydrogen-bond donors (Lipinski definition) is 3. The van der Waals surface area contributed by atoms with Gasteiger partial charge in [0.15, 0.2) is 12.2 Å². The summed E-state index contributed by atoms with van der Waals surface area (Å²) in [6.45, 7) is 10.3. The number of hydrogen-bond acceptors (Lipinski definition) is 5. The maximum Gasteiger partial charge on any atom is 0.186 e. The molecule has 3 unspecified atom stereocenters. The second kappa shape index (κ2) is 17.2. The number of aliphatic imine (C=N–C) groups is 1. The van der Waals surface area contributed by atoms with Gasteiger partial charge in [-0.1, -0.05) is 39.5 Å². The largest absolute Gasteiger partial charge is 0.379 e. The molecule has 7 nitrogen and oxygen atoms in total. The summed E-state index contributed by atoms with van der Waals surface area (Å²) in [7, 11) is 0. The first-order valence-corrected chi connectivity index (χ1v) is 10.5. The number of ether oxygens (including phenoxy) is 3. The Labute approximate surface area is 165 Å². The van der Waals surface area contributed by atoms with Crippen molar-refractivity contribution >= 4 is 5.96 Å². The molecule has 1 aliphatic heterocycles. The lowest BCUT2D eigenvalue weighted by Crippen LogP contribution is -2.43. The first-order valence-electron chi connectivity index (χ1n) is 10.5. The topological polar surface area (TPSA) is 112 Å². The van der Waals surface area contributed by atoms with E-state index in [4.69, 9.17) is 25.7 Å². The molecule has 0 radical (unpaired) electrons. The van der Waals surface area contributed by atoms with Crippen LogP contribution in [0.2, 0.25) is 0 Å². The minimum atomic E-state index is -0.658. The average molecular weight is 390 g/mol. The third-order valence-corrected chi connectivity index (χ3v) is 4.11. The molecular weight excluding hydrogens is 346 g/mol. The number of aliphatic hydroxyl groups is 1. The summed E-state index contributed by atoms with van der Waals surface area (Å²) in [5.41, 5.74) is 10.0. The highest BCUT2D eigenvalue weighted by Gasteiger charge is 2.31. The fraction of sp³-hybridized carbons (Fsp3) is 0.950. The van der Waals surface area contributed by atoms with Gasteiger partial charge in [-0.15, -0.1) is 0 Å². The first-order chi connectivity index (χ1) is 12.9. The van der Waals surface area contributed by atoms with E-state index in [1.807, 2.05) is 13.8 Å². The van der Waals surface area contributed by atoms with E-state index >= 15 is 0 Å². The van der Waals surface area contributed by atoms with Gasteiger partial charge in [-0.2, -0.15) is 0 Å². The van der Waals surface area contributed by atoms with Crippen molar-refractivity contribution in [2.24, 2.45) is 16.5 Å². The Balaban J connectivity index is 0.000000821. The van der Waals surface area contributed by atoms with Crippen LogP contribution in [0.3, 0.4) is 0 Å². The fourth-order valence-corrected chi connectivity index (χ4v) is 2.73. The first kappa shape index (κ1) is 26.1. The van der Waals surface area contributed by atoms with E-state index < -0.39 is 6.29 Å². The molecule has 162 valence electrons. The molecule has 7 heteroatoms. The van der Waals surface area contributed by atoms with Gasteiger partial charge in [-0.3, -0.25) is 4.99 Å². The van der Waals surface area contributed by atoms with E-state index in [0.29, 0.717) is 13.0 Å². The minimum absolute atomic E-state index is 0.0708. The SMILES string of the molecule is CC(C)N=C(N)N.CCCCCOCC1OC(O)CCC1OCCCCC. The average Bonchev–Trinajstić information content (AvgIpc) is 2.59. The molecule has 0 aromatic carbocycles. The molecular formula is C20H43N3O4. The summed E-state index contributed by atoms with van der Waals surface area (Å²) in [4.78, 5) is 3.75. The van der Waals surface area contributed by atoms with Crippen LogP contribution in [0, 0.1) is 0 Å². The van der Waals surface area contributed by atoms with Gasteiger partial charge in [0.25, 0.3) is 0 Å². The number of rotatable bonds is 12. The normalized spacial score (nSPS) is 22.2. The van der Waals surface area contributed by atoms with Crippen LogP contribution < -0.4 is 11.5 Å². The quantitative estimate of drug-likeness (QED) is 0.269. The van der Waals surface area contributed by atoms with Crippen molar-refractivity contribution in [3.05, 3.63) is 0 Å². The molecule has 1 saturated heterocycles. The lowest BCUT2D eigenvalue weighted by Gasteiger charge is -2.34. The molecule has 27 heavy (non-hydrogen) atoms. The molecule has 0 aliphatic carbocycles. The smallest absolute Gasteiger partial charge is 0.186 e. The predicted molar refractivity (Wildman–Crippen MR) is 111 cm³/mol. The van der Waals surface area contributed by atoms with E-state index in [1.54, 1.807) is 0 Å². The molecule has 0 aromatic heterocycles. The lowest BCUT2D eigenvalue weighted by molar-refractivity contribution is -0.222. The van der Waals surface area contributed by atoms with Crippen LogP contribution in [0.25, 0.3) is 0 Å². The van der Waals surface area contributed by atoms with Crippen molar-refractivity contribution in [2.75, 3.05) is 19.8 Å². The van der Waals surface area contributed by atoms with Crippen LogP contribution in [0.4, 0.5) is 0 Å². The third kappa shape index (κ3) is 15.8. The monoisotopic (exact) mass is 389 g/mol. The Morgan fingerprint density at radius 2 is 1.70 bits per heavy atom. The number of aliphatic hydroxyl groups excluding tert-OH is 1.